The first-order valence-electron chi connectivity index (χ1n) is 7.35. The molecule has 17 heavy (non-hydrogen) atoms. The third-order valence-electron chi connectivity index (χ3n) is 5.04. The molecule has 0 aromatic heterocycles. The first-order valence-corrected chi connectivity index (χ1v) is 7.35. The molecule has 2 N–H and O–H groups in total. The number of hydrogen-bond donors (Lipinski definition) is 2. The van der Waals surface area contributed by atoms with E-state index in [1.165, 1.54) is 38.6 Å². The molecule has 2 saturated heterocycles. The van der Waals surface area contributed by atoms with Gasteiger partial charge in [-0.15, -0.1) is 0 Å². The van der Waals surface area contributed by atoms with Gasteiger partial charge in [-0.05, 0) is 51.0 Å². The van der Waals surface area contributed by atoms with Crippen molar-refractivity contribution in [1.29, 1.82) is 0 Å². The minimum Gasteiger partial charge on any atom is -0.374 e. The van der Waals surface area contributed by atoms with Crippen LogP contribution in [-0.4, -0.2) is 37.9 Å². The van der Waals surface area contributed by atoms with Gasteiger partial charge in [-0.1, -0.05) is 6.42 Å². The van der Waals surface area contributed by atoms with Crippen molar-refractivity contribution < 1.29 is 4.74 Å². The van der Waals surface area contributed by atoms with Gasteiger partial charge in [0.15, 0.2) is 0 Å². The monoisotopic (exact) mass is 238 g/mol. The van der Waals surface area contributed by atoms with Crippen molar-refractivity contribution in [3.8, 4) is 0 Å². The number of fused-ring (bicyclic) bond motifs is 1. The van der Waals surface area contributed by atoms with Crippen LogP contribution in [0.1, 0.15) is 39.0 Å². The maximum atomic E-state index is 5.81. The second kappa shape index (κ2) is 4.87. The molecule has 3 nitrogen and oxygen atoms in total. The second-order valence-electron chi connectivity index (χ2n) is 6.40. The molecule has 3 fully saturated rings. The molecule has 0 spiro atoms. The standard InChI is InChI=1S/C14H26N2O/c1-14(6-3-7-17-14)10-15-9-13-12-5-2-4-11(12)8-16-13/h11-13,15-16H,2-10H2,1H3. The highest BCUT2D eigenvalue weighted by molar-refractivity contribution is 4.95. The molecule has 4 atom stereocenters. The van der Waals surface area contributed by atoms with E-state index >= 15 is 0 Å². The van der Waals surface area contributed by atoms with Gasteiger partial charge in [-0.2, -0.15) is 0 Å². The zero-order valence-corrected chi connectivity index (χ0v) is 11.0. The van der Waals surface area contributed by atoms with Gasteiger partial charge in [0.1, 0.15) is 0 Å². The molecule has 1 saturated carbocycles. The van der Waals surface area contributed by atoms with Gasteiger partial charge in [0.05, 0.1) is 5.60 Å². The van der Waals surface area contributed by atoms with E-state index in [2.05, 4.69) is 17.6 Å². The van der Waals surface area contributed by atoms with Crippen LogP contribution < -0.4 is 10.6 Å². The van der Waals surface area contributed by atoms with E-state index in [-0.39, 0.29) is 5.60 Å². The lowest BCUT2D eigenvalue weighted by Gasteiger charge is -2.26. The Kier molecular flexibility index (Phi) is 3.42. The van der Waals surface area contributed by atoms with E-state index in [1.807, 2.05) is 0 Å². The van der Waals surface area contributed by atoms with Crippen LogP contribution in [0.3, 0.4) is 0 Å². The highest BCUT2D eigenvalue weighted by Gasteiger charge is 2.38. The van der Waals surface area contributed by atoms with Gasteiger partial charge in [-0.25, -0.2) is 0 Å². The molecule has 98 valence electrons. The van der Waals surface area contributed by atoms with E-state index in [1.54, 1.807) is 0 Å². The van der Waals surface area contributed by atoms with E-state index in [0.29, 0.717) is 6.04 Å². The summed E-state index contributed by atoms with van der Waals surface area (Å²) in [5.41, 5.74) is 0.105. The lowest BCUT2D eigenvalue weighted by atomic mass is 9.94. The number of nitrogens with one attached hydrogen (secondary N) is 2. The minimum absolute atomic E-state index is 0.105. The normalized spacial score (nSPS) is 45.4. The van der Waals surface area contributed by atoms with Gasteiger partial charge in [0.2, 0.25) is 0 Å². The summed E-state index contributed by atoms with van der Waals surface area (Å²) in [5.74, 6) is 1.92. The predicted molar refractivity (Wildman–Crippen MR) is 69.1 cm³/mol. The fraction of sp³-hybridized carbons (Fsp3) is 1.00. The molecule has 0 bridgehead atoms. The van der Waals surface area contributed by atoms with Crippen LogP contribution in [0.4, 0.5) is 0 Å². The SMILES string of the molecule is CC1(CNCC2NCC3CCCC32)CCCO1. The Labute approximate surface area is 105 Å². The van der Waals surface area contributed by atoms with Gasteiger partial charge in [0.25, 0.3) is 0 Å². The molecule has 4 unspecified atom stereocenters. The van der Waals surface area contributed by atoms with E-state index in [9.17, 15) is 0 Å². The Morgan fingerprint density at radius 3 is 3.12 bits per heavy atom. The zero-order valence-electron chi connectivity index (χ0n) is 11.0. The quantitative estimate of drug-likeness (QED) is 0.779. The molecule has 2 aliphatic heterocycles. The Bertz CT molecular complexity index is 263. The Hall–Kier alpha value is -0.120. The zero-order chi connectivity index (χ0) is 11.7. The van der Waals surface area contributed by atoms with Crippen LogP contribution in [0.15, 0.2) is 0 Å². The summed E-state index contributed by atoms with van der Waals surface area (Å²) in [5, 5.41) is 7.33. The maximum Gasteiger partial charge on any atom is 0.0779 e. The van der Waals surface area contributed by atoms with Crippen molar-refractivity contribution >= 4 is 0 Å². The summed E-state index contributed by atoms with van der Waals surface area (Å²) in [6, 6.07) is 0.715. The van der Waals surface area contributed by atoms with Gasteiger partial charge < -0.3 is 15.4 Å². The largest absolute Gasteiger partial charge is 0.374 e. The van der Waals surface area contributed by atoms with Crippen molar-refractivity contribution in [3.05, 3.63) is 0 Å². The van der Waals surface area contributed by atoms with E-state index < -0.39 is 0 Å². The summed E-state index contributed by atoms with van der Waals surface area (Å²) < 4.78 is 5.81. The molecule has 0 aromatic carbocycles. The van der Waals surface area contributed by atoms with Crippen LogP contribution in [0.2, 0.25) is 0 Å². The molecular formula is C14H26N2O. The first kappa shape index (κ1) is 11.9. The second-order valence-corrected chi connectivity index (χ2v) is 6.40. The van der Waals surface area contributed by atoms with Crippen molar-refractivity contribution in [2.75, 3.05) is 26.2 Å². The molecule has 3 heteroatoms. The fourth-order valence-electron chi connectivity index (χ4n) is 3.99. The van der Waals surface area contributed by atoms with Gasteiger partial charge >= 0.3 is 0 Å². The number of ether oxygens (including phenoxy) is 1. The number of hydrogen-bond acceptors (Lipinski definition) is 3. The average Bonchev–Trinajstić information content (AvgIpc) is 2.96. The molecule has 1 aliphatic carbocycles. The van der Waals surface area contributed by atoms with Gasteiger partial charge in [0, 0.05) is 25.7 Å². The van der Waals surface area contributed by atoms with Crippen molar-refractivity contribution in [1.82, 2.24) is 10.6 Å². The fourth-order valence-corrected chi connectivity index (χ4v) is 3.99. The molecule has 0 amide bonds. The molecule has 2 heterocycles. The topological polar surface area (TPSA) is 33.3 Å². The van der Waals surface area contributed by atoms with E-state index in [4.69, 9.17) is 4.74 Å². The Balaban J connectivity index is 1.42. The third kappa shape index (κ3) is 2.51. The van der Waals surface area contributed by atoms with Crippen LogP contribution in [0.25, 0.3) is 0 Å². The molecule has 3 aliphatic rings. The molecule has 3 rings (SSSR count). The molecule has 0 radical (unpaired) electrons. The third-order valence-corrected chi connectivity index (χ3v) is 5.04. The van der Waals surface area contributed by atoms with Crippen LogP contribution >= 0.6 is 0 Å². The average molecular weight is 238 g/mol. The van der Waals surface area contributed by atoms with Crippen molar-refractivity contribution in [2.24, 2.45) is 11.8 Å². The van der Waals surface area contributed by atoms with Crippen LogP contribution in [0.5, 0.6) is 0 Å². The molecule has 0 aromatic rings. The lowest BCUT2D eigenvalue weighted by Crippen LogP contribution is -2.44. The smallest absolute Gasteiger partial charge is 0.0779 e. The highest BCUT2D eigenvalue weighted by Crippen LogP contribution is 2.37. The van der Waals surface area contributed by atoms with Crippen LogP contribution in [0, 0.1) is 11.8 Å². The summed E-state index contributed by atoms with van der Waals surface area (Å²) in [6.45, 7) is 6.59. The van der Waals surface area contributed by atoms with Crippen molar-refractivity contribution in [3.63, 3.8) is 0 Å². The summed E-state index contributed by atoms with van der Waals surface area (Å²) >= 11 is 0. The Morgan fingerprint density at radius 1 is 1.35 bits per heavy atom. The summed E-state index contributed by atoms with van der Waals surface area (Å²) in [4.78, 5) is 0. The van der Waals surface area contributed by atoms with Crippen molar-refractivity contribution in [2.45, 2.75) is 50.7 Å². The summed E-state index contributed by atoms with van der Waals surface area (Å²) in [6.07, 6.45) is 6.79. The number of rotatable bonds is 4. The lowest BCUT2D eigenvalue weighted by molar-refractivity contribution is 0.0205. The van der Waals surface area contributed by atoms with Crippen LogP contribution in [-0.2, 0) is 4.74 Å². The maximum absolute atomic E-state index is 5.81. The highest BCUT2D eigenvalue weighted by atomic mass is 16.5. The first-order chi connectivity index (χ1) is 8.27. The molecular weight excluding hydrogens is 212 g/mol. The Morgan fingerprint density at radius 2 is 2.29 bits per heavy atom. The van der Waals surface area contributed by atoms with E-state index in [0.717, 1.165) is 31.5 Å². The minimum atomic E-state index is 0.105. The predicted octanol–water partition coefficient (Wildman–Crippen LogP) is 1.53. The van der Waals surface area contributed by atoms with Gasteiger partial charge in [-0.3, -0.25) is 0 Å². The summed E-state index contributed by atoms with van der Waals surface area (Å²) in [7, 11) is 0.